The van der Waals surface area contributed by atoms with Crippen molar-refractivity contribution in [3.63, 3.8) is 0 Å². The fraction of sp³-hybridized carbons (Fsp3) is 0.385. The predicted molar refractivity (Wildman–Crippen MR) is 63.2 cm³/mol. The largest absolute Gasteiger partial charge is 0.481 e. The third kappa shape index (κ3) is 2.68. The van der Waals surface area contributed by atoms with Gasteiger partial charge in [-0.3, -0.25) is 14.4 Å². The Hall–Kier alpha value is -1.88. The monoisotopic (exact) mass is 249 g/mol. The zero-order valence-corrected chi connectivity index (χ0v) is 10.1. The summed E-state index contributed by atoms with van der Waals surface area (Å²) in [4.78, 5) is 27.8. The zero-order valence-electron chi connectivity index (χ0n) is 10.1. The van der Waals surface area contributed by atoms with E-state index in [1.807, 2.05) is 30.3 Å². The number of aliphatic carboxylic acids is 1. The van der Waals surface area contributed by atoms with Crippen molar-refractivity contribution in [1.29, 1.82) is 0 Å². The molecule has 1 amide bonds. The van der Waals surface area contributed by atoms with Crippen LogP contribution in [0.5, 0.6) is 0 Å². The standard InChI is InChI=1S/C13H15NO4/c1-18-14(8-9-5-3-2-4-6-9)12(15)10-7-11(10)13(16)17/h2-6,10-11H,7-8H2,1H3,(H,16,17). The molecule has 18 heavy (non-hydrogen) atoms. The molecule has 1 aromatic carbocycles. The van der Waals surface area contributed by atoms with Crippen molar-refractivity contribution in [3.8, 4) is 0 Å². The molecule has 1 aliphatic carbocycles. The second-order valence-electron chi connectivity index (χ2n) is 4.33. The van der Waals surface area contributed by atoms with Gasteiger partial charge in [0, 0.05) is 0 Å². The number of hydroxylamine groups is 2. The number of hydrogen-bond donors (Lipinski definition) is 1. The van der Waals surface area contributed by atoms with Crippen LogP contribution in [0.2, 0.25) is 0 Å². The third-order valence-electron chi connectivity index (χ3n) is 3.06. The highest BCUT2D eigenvalue weighted by molar-refractivity contribution is 5.88. The zero-order chi connectivity index (χ0) is 13.1. The molecule has 2 rings (SSSR count). The van der Waals surface area contributed by atoms with E-state index in [9.17, 15) is 9.59 Å². The molecule has 0 bridgehead atoms. The van der Waals surface area contributed by atoms with Gasteiger partial charge in [0.25, 0.3) is 0 Å². The molecule has 0 aromatic heterocycles. The van der Waals surface area contributed by atoms with Gasteiger partial charge in [0.2, 0.25) is 5.91 Å². The van der Waals surface area contributed by atoms with E-state index in [0.717, 1.165) is 5.56 Å². The maximum absolute atomic E-state index is 12.0. The van der Waals surface area contributed by atoms with Gasteiger partial charge in [0.1, 0.15) is 0 Å². The number of carbonyl (C=O) groups excluding carboxylic acids is 1. The molecule has 1 aliphatic rings. The maximum atomic E-state index is 12.0. The van der Waals surface area contributed by atoms with Crippen molar-refractivity contribution in [2.75, 3.05) is 7.11 Å². The van der Waals surface area contributed by atoms with E-state index in [0.29, 0.717) is 13.0 Å². The Morgan fingerprint density at radius 2 is 2.00 bits per heavy atom. The Morgan fingerprint density at radius 1 is 1.33 bits per heavy atom. The highest BCUT2D eigenvalue weighted by atomic mass is 16.7. The van der Waals surface area contributed by atoms with Gasteiger partial charge < -0.3 is 5.11 Å². The number of carbonyl (C=O) groups is 2. The molecule has 5 nitrogen and oxygen atoms in total. The third-order valence-corrected chi connectivity index (χ3v) is 3.06. The highest BCUT2D eigenvalue weighted by Gasteiger charge is 2.50. The minimum atomic E-state index is -0.913. The van der Waals surface area contributed by atoms with E-state index in [-0.39, 0.29) is 5.91 Å². The van der Waals surface area contributed by atoms with E-state index < -0.39 is 17.8 Å². The van der Waals surface area contributed by atoms with Gasteiger partial charge in [-0.1, -0.05) is 30.3 Å². The lowest BCUT2D eigenvalue weighted by molar-refractivity contribution is -0.181. The summed E-state index contributed by atoms with van der Waals surface area (Å²) in [6.07, 6.45) is 0.406. The first kappa shape index (κ1) is 12.6. The van der Waals surface area contributed by atoms with Crippen LogP contribution in [0.15, 0.2) is 30.3 Å². The van der Waals surface area contributed by atoms with Crippen LogP contribution in [0.1, 0.15) is 12.0 Å². The minimum Gasteiger partial charge on any atom is -0.481 e. The summed E-state index contributed by atoms with van der Waals surface area (Å²) in [5.74, 6) is -2.16. The van der Waals surface area contributed by atoms with Gasteiger partial charge >= 0.3 is 5.97 Å². The number of rotatable bonds is 5. The molecule has 0 spiro atoms. The van der Waals surface area contributed by atoms with Crippen molar-refractivity contribution >= 4 is 11.9 Å². The number of carboxylic acids is 1. The first-order valence-electron chi connectivity index (χ1n) is 5.75. The second kappa shape index (κ2) is 5.18. The molecule has 0 saturated heterocycles. The topological polar surface area (TPSA) is 66.8 Å². The summed E-state index contributed by atoms with van der Waals surface area (Å²) < 4.78 is 0. The smallest absolute Gasteiger partial charge is 0.307 e. The molecule has 5 heteroatoms. The number of hydrogen-bond acceptors (Lipinski definition) is 3. The Kier molecular flexibility index (Phi) is 3.62. The molecule has 1 aromatic rings. The summed E-state index contributed by atoms with van der Waals surface area (Å²) in [5, 5.41) is 10.0. The van der Waals surface area contributed by atoms with Crippen LogP contribution >= 0.6 is 0 Å². The van der Waals surface area contributed by atoms with Crippen LogP contribution in [0.4, 0.5) is 0 Å². The molecule has 2 atom stereocenters. The van der Waals surface area contributed by atoms with Crippen molar-refractivity contribution < 1.29 is 19.5 Å². The SMILES string of the molecule is CON(Cc1ccccc1)C(=O)C1CC1C(=O)O. The van der Waals surface area contributed by atoms with Gasteiger partial charge in [0.05, 0.1) is 25.5 Å². The second-order valence-corrected chi connectivity index (χ2v) is 4.33. The predicted octanol–water partition coefficient (Wildman–Crippen LogP) is 1.30. The molecule has 0 aliphatic heterocycles. The fourth-order valence-corrected chi connectivity index (χ4v) is 1.91. The summed E-state index contributed by atoms with van der Waals surface area (Å²) >= 11 is 0. The molecule has 0 heterocycles. The lowest BCUT2D eigenvalue weighted by Gasteiger charge is -2.19. The Morgan fingerprint density at radius 3 is 2.50 bits per heavy atom. The Balaban J connectivity index is 1.97. The summed E-state index contributed by atoms with van der Waals surface area (Å²) in [5.41, 5.74) is 0.945. The van der Waals surface area contributed by atoms with Crippen molar-refractivity contribution in [2.45, 2.75) is 13.0 Å². The van der Waals surface area contributed by atoms with Crippen LogP contribution in [0.3, 0.4) is 0 Å². The first-order chi connectivity index (χ1) is 8.63. The average molecular weight is 249 g/mol. The molecule has 96 valence electrons. The van der Waals surface area contributed by atoms with Crippen molar-refractivity contribution in [2.24, 2.45) is 11.8 Å². The molecular weight excluding hydrogens is 234 g/mol. The molecule has 1 saturated carbocycles. The highest BCUT2D eigenvalue weighted by Crippen LogP contribution is 2.40. The van der Waals surface area contributed by atoms with Crippen molar-refractivity contribution in [3.05, 3.63) is 35.9 Å². The van der Waals surface area contributed by atoms with E-state index in [4.69, 9.17) is 9.94 Å². The van der Waals surface area contributed by atoms with Crippen LogP contribution in [0, 0.1) is 11.8 Å². The summed E-state index contributed by atoms with van der Waals surface area (Å²) in [6.45, 7) is 0.332. The normalized spacial score (nSPS) is 21.4. The number of nitrogens with zero attached hydrogens (tertiary/aromatic N) is 1. The summed E-state index contributed by atoms with van der Waals surface area (Å²) in [7, 11) is 1.42. The average Bonchev–Trinajstić information content (AvgIpc) is 3.16. The molecule has 1 fully saturated rings. The van der Waals surface area contributed by atoms with Gasteiger partial charge in [0.15, 0.2) is 0 Å². The van der Waals surface area contributed by atoms with Crippen LogP contribution < -0.4 is 0 Å². The molecular formula is C13H15NO4. The molecule has 1 N–H and O–H groups in total. The van der Waals surface area contributed by atoms with Gasteiger partial charge in [-0.25, -0.2) is 5.06 Å². The first-order valence-corrected chi connectivity index (χ1v) is 5.75. The maximum Gasteiger partial charge on any atom is 0.307 e. The summed E-state index contributed by atoms with van der Waals surface area (Å²) in [6, 6.07) is 9.43. The Labute approximate surface area is 105 Å². The minimum absolute atomic E-state index is 0.256. The van der Waals surface area contributed by atoms with E-state index in [1.54, 1.807) is 0 Å². The molecule has 0 radical (unpaired) electrons. The fourth-order valence-electron chi connectivity index (χ4n) is 1.91. The van der Waals surface area contributed by atoms with Gasteiger partial charge in [-0.05, 0) is 12.0 Å². The van der Waals surface area contributed by atoms with E-state index in [1.165, 1.54) is 12.2 Å². The lowest BCUT2D eigenvalue weighted by atomic mass is 10.2. The molecule has 2 unspecified atom stereocenters. The Bertz CT molecular complexity index is 446. The lowest BCUT2D eigenvalue weighted by Crippen LogP contribution is -2.31. The van der Waals surface area contributed by atoms with E-state index >= 15 is 0 Å². The number of benzene rings is 1. The van der Waals surface area contributed by atoms with Crippen LogP contribution in [-0.2, 0) is 21.0 Å². The number of amides is 1. The van der Waals surface area contributed by atoms with Gasteiger partial charge in [-0.15, -0.1) is 0 Å². The van der Waals surface area contributed by atoms with Gasteiger partial charge in [-0.2, -0.15) is 0 Å². The number of carboxylic acid groups (broad SMARTS) is 1. The van der Waals surface area contributed by atoms with E-state index in [2.05, 4.69) is 0 Å². The van der Waals surface area contributed by atoms with Crippen LogP contribution in [0.25, 0.3) is 0 Å². The van der Waals surface area contributed by atoms with Crippen LogP contribution in [-0.4, -0.2) is 29.2 Å². The van der Waals surface area contributed by atoms with Crippen molar-refractivity contribution in [1.82, 2.24) is 5.06 Å². The quantitative estimate of drug-likeness (QED) is 0.799.